The fourth-order valence-electron chi connectivity index (χ4n) is 0.574. The normalized spacial score (nSPS) is 11.4. The Hall–Kier alpha value is -1.14. The van der Waals surface area contributed by atoms with E-state index in [1.165, 1.54) is 12.1 Å². The van der Waals surface area contributed by atoms with Gasteiger partial charge in [-0.05, 0) is 12.1 Å². The molecule has 0 bridgehead atoms. The molecule has 3 N–H and O–H groups in total. The van der Waals surface area contributed by atoms with Gasteiger partial charge >= 0.3 is 10.1 Å². The Kier molecular flexibility index (Phi) is 1.79. The number of hydrogen-bond acceptors (Lipinski definition) is 4. The summed E-state index contributed by atoms with van der Waals surface area (Å²) in [7, 11) is -4.22. The van der Waals surface area contributed by atoms with Gasteiger partial charge < -0.3 is 5.73 Å². The van der Waals surface area contributed by atoms with Gasteiger partial charge in [0.2, 0.25) is 0 Å². The molecule has 0 unspecified atom stereocenters. The maximum Gasteiger partial charge on any atom is 0.312 e. The van der Waals surface area contributed by atoms with Gasteiger partial charge in [0.05, 0.1) is 0 Å². The van der Waals surface area contributed by atoms with Gasteiger partial charge in [-0.3, -0.25) is 4.55 Å². The lowest BCUT2D eigenvalue weighted by Gasteiger charge is -1.95. The summed E-state index contributed by atoms with van der Waals surface area (Å²) in [6.45, 7) is 0. The van der Waals surface area contributed by atoms with Crippen LogP contribution in [-0.2, 0) is 10.1 Å². The molecule has 0 aliphatic rings. The number of pyridine rings is 1. The molecule has 0 radical (unpaired) electrons. The maximum atomic E-state index is 10.4. The lowest BCUT2D eigenvalue weighted by molar-refractivity contribution is 0.479. The third kappa shape index (κ3) is 1.89. The standard InChI is InChI=1S/C5H6N2O3S/c6-4-2-1-3-5(7-4)11(8,9)10/h1-3H,(H2,6,7)(H,8,9,10). The highest BCUT2D eigenvalue weighted by atomic mass is 32.2. The Morgan fingerprint density at radius 2 is 2.09 bits per heavy atom. The number of nitrogen functional groups attached to an aromatic ring is 1. The van der Waals surface area contributed by atoms with Crippen LogP contribution in [0.4, 0.5) is 5.82 Å². The van der Waals surface area contributed by atoms with Crippen LogP contribution in [0.3, 0.4) is 0 Å². The zero-order chi connectivity index (χ0) is 8.48. The van der Waals surface area contributed by atoms with Crippen LogP contribution in [0.1, 0.15) is 0 Å². The summed E-state index contributed by atoms with van der Waals surface area (Å²) in [6.07, 6.45) is 0. The summed E-state index contributed by atoms with van der Waals surface area (Å²) in [5, 5.41) is -0.433. The first kappa shape index (κ1) is 7.96. The number of hydrogen-bond donors (Lipinski definition) is 2. The second kappa shape index (κ2) is 2.48. The van der Waals surface area contributed by atoms with Gasteiger partial charge in [0.1, 0.15) is 5.82 Å². The van der Waals surface area contributed by atoms with Crippen molar-refractivity contribution in [1.29, 1.82) is 0 Å². The third-order valence-corrected chi connectivity index (χ3v) is 1.77. The van der Waals surface area contributed by atoms with E-state index < -0.39 is 15.1 Å². The van der Waals surface area contributed by atoms with Crippen molar-refractivity contribution in [2.75, 3.05) is 5.73 Å². The number of nitrogens with zero attached hydrogens (tertiary/aromatic N) is 1. The van der Waals surface area contributed by atoms with E-state index in [-0.39, 0.29) is 5.82 Å². The van der Waals surface area contributed by atoms with Crippen LogP contribution in [0.25, 0.3) is 0 Å². The molecule has 1 rings (SSSR count). The molecule has 6 heteroatoms. The van der Waals surface area contributed by atoms with E-state index in [0.717, 1.165) is 6.07 Å². The third-order valence-electron chi connectivity index (χ3n) is 1.01. The molecule has 1 aromatic rings. The van der Waals surface area contributed by atoms with Gasteiger partial charge in [0.15, 0.2) is 5.03 Å². The smallest absolute Gasteiger partial charge is 0.312 e. The van der Waals surface area contributed by atoms with E-state index in [1.54, 1.807) is 0 Å². The Morgan fingerprint density at radius 1 is 1.45 bits per heavy atom. The maximum absolute atomic E-state index is 10.4. The molecule has 0 atom stereocenters. The van der Waals surface area contributed by atoms with E-state index in [2.05, 4.69) is 4.98 Å². The average molecular weight is 174 g/mol. The summed E-state index contributed by atoms with van der Waals surface area (Å²) in [4.78, 5) is 3.38. The van der Waals surface area contributed by atoms with Crippen molar-refractivity contribution in [3.63, 3.8) is 0 Å². The summed E-state index contributed by atoms with van der Waals surface area (Å²) in [5.41, 5.74) is 5.17. The van der Waals surface area contributed by atoms with Gasteiger partial charge in [-0.15, -0.1) is 0 Å². The molecule has 0 fully saturated rings. The van der Waals surface area contributed by atoms with Crippen LogP contribution in [0, 0.1) is 0 Å². The number of aromatic nitrogens is 1. The molecule has 1 heterocycles. The van der Waals surface area contributed by atoms with Gasteiger partial charge in [-0.1, -0.05) is 6.07 Å². The molecule has 5 nitrogen and oxygen atoms in total. The molecule has 60 valence electrons. The van der Waals surface area contributed by atoms with Gasteiger partial charge in [0.25, 0.3) is 0 Å². The zero-order valence-corrected chi connectivity index (χ0v) is 6.25. The fraction of sp³-hybridized carbons (Fsp3) is 0. The Balaban J connectivity index is 3.28. The highest BCUT2D eigenvalue weighted by molar-refractivity contribution is 7.85. The van der Waals surface area contributed by atoms with Crippen molar-refractivity contribution >= 4 is 15.9 Å². The predicted molar refractivity (Wildman–Crippen MR) is 38.5 cm³/mol. The summed E-state index contributed by atoms with van der Waals surface area (Å²) in [6, 6.07) is 3.98. The Labute approximate surface area is 63.6 Å². The summed E-state index contributed by atoms with van der Waals surface area (Å²) in [5.74, 6) is 0.0557. The molecule has 0 aromatic carbocycles. The molecular formula is C5H6N2O3S. The second-order valence-corrected chi connectivity index (χ2v) is 3.24. The van der Waals surface area contributed by atoms with E-state index in [4.69, 9.17) is 10.3 Å². The molecule has 0 saturated carbocycles. The SMILES string of the molecule is Nc1cccc(S(=O)(=O)O)n1. The van der Waals surface area contributed by atoms with Gasteiger partial charge in [-0.2, -0.15) is 8.42 Å². The molecule has 1 aromatic heterocycles. The summed E-state index contributed by atoms with van der Waals surface area (Å²) < 4.78 is 29.3. The number of anilines is 1. The van der Waals surface area contributed by atoms with Crippen molar-refractivity contribution in [3.05, 3.63) is 18.2 Å². The van der Waals surface area contributed by atoms with Crippen LogP contribution >= 0.6 is 0 Å². The summed E-state index contributed by atoms with van der Waals surface area (Å²) >= 11 is 0. The van der Waals surface area contributed by atoms with E-state index in [0.29, 0.717) is 0 Å². The Bertz CT molecular complexity index is 360. The van der Waals surface area contributed by atoms with E-state index in [1.807, 2.05) is 0 Å². The van der Waals surface area contributed by atoms with Crippen LogP contribution in [-0.4, -0.2) is 18.0 Å². The molecule has 11 heavy (non-hydrogen) atoms. The molecule has 0 spiro atoms. The lowest BCUT2D eigenvalue weighted by Crippen LogP contribution is -2.02. The first-order valence-electron chi connectivity index (χ1n) is 2.70. The number of rotatable bonds is 1. The van der Waals surface area contributed by atoms with Crippen LogP contribution in [0.15, 0.2) is 23.2 Å². The second-order valence-electron chi connectivity index (χ2n) is 1.88. The molecule has 0 saturated heterocycles. The van der Waals surface area contributed by atoms with Gasteiger partial charge in [-0.25, -0.2) is 4.98 Å². The average Bonchev–Trinajstić information content (AvgIpc) is 1.86. The highest BCUT2D eigenvalue weighted by Crippen LogP contribution is 2.05. The van der Waals surface area contributed by atoms with Crippen molar-refractivity contribution in [1.82, 2.24) is 4.98 Å². The molecule has 0 aliphatic carbocycles. The first-order valence-corrected chi connectivity index (χ1v) is 4.14. The van der Waals surface area contributed by atoms with Crippen LogP contribution in [0.5, 0.6) is 0 Å². The first-order chi connectivity index (χ1) is 5.00. The highest BCUT2D eigenvalue weighted by Gasteiger charge is 2.09. The van der Waals surface area contributed by atoms with Crippen molar-refractivity contribution in [3.8, 4) is 0 Å². The minimum Gasteiger partial charge on any atom is -0.384 e. The van der Waals surface area contributed by atoms with Crippen molar-refractivity contribution in [2.24, 2.45) is 0 Å². The molecule has 0 amide bonds. The molecule has 0 aliphatic heterocycles. The minimum atomic E-state index is -4.22. The quantitative estimate of drug-likeness (QED) is 0.580. The van der Waals surface area contributed by atoms with E-state index in [9.17, 15) is 8.42 Å². The molecular weight excluding hydrogens is 168 g/mol. The predicted octanol–water partition coefficient (Wildman–Crippen LogP) is -0.0895. The monoisotopic (exact) mass is 174 g/mol. The van der Waals surface area contributed by atoms with E-state index >= 15 is 0 Å². The van der Waals surface area contributed by atoms with Crippen molar-refractivity contribution < 1.29 is 13.0 Å². The van der Waals surface area contributed by atoms with Crippen molar-refractivity contribution in [2.45, 2.75) is 5.03 Å². The Morgan fingerprint density at radius 3 is 2.45 bits per heavy atom. The van der Waals surface area contributed by atoms with Gasteiger partial charge in [0, 0.05) is 0 Å². The zero-order valence-electron chi connectivity index (χ0n) is 5.43. The lowest BCUT2D eigenvalue weighted by atomic mass is 10.5. The number of nitrogens with two attached hydrogens (primary N) is 1. The van der Waals surface area contributed by atoms with Crippen LogP contribution in [0.2, 0.25) is 0 Å². The van der Waals surface area contributed by atoms with Crippen LogP contribution < -0.4 is 5.73 Å². The largest absolute Gasteiger partial charge is 0.384 e. The fourth-order valence-corrected chi connectivity index (χ4v) is 1.05. The minimum absolute atomic E-state index is 0.0557. The topological polar surface area (TPSA) is 93.3 Å².